The Morgan fingerprint density at radius 1 is 1.16 bits per heavy atom. The maximum absolute atomic E-state index is 13.6. The van der Waals surface area contributed by atoms with Gasteiger partial charge in [0.15, 0.2) is 0 Å². The Kier molecular flexibility index (Phi) is 4.68. The van der Waals surface area contributed by atoms with E-state index in [1.54, 1.807) is 19.2 Å². The minimum absolute atomic E-state index is 0.250. The summed E-state index contributed by atoms with van der Waals surface area (Å²) >= 11 is 1.50. The maximum atomic E-state index is 13.6. The van der Waals surface area contributed by atoms with E-state index in [1.807, 2.05) is 24.3 Å². The van der Waals surface area contributed by atoms with E-state index in [9.17, 15) is 4.39 Å². The molecule has 2 rings (SSSR count). The lowest BCUT2D eigenvalue weighted by molar-refractivity contribution is 0.414. The van der Waals surface area contributed by atoms with Gasteiger partial charge < -0.3 is 10.5 Å². The topological polar surface area (TPSA) is 35.2 Å². The van der Waals surface area contributed by atoms with Crippen molar-refractivity contribution in [2.75, 3.05) is 18.6 Å². The van der Waals surface area contributed by atoms with Crippen molar-refractivity contribution in [1.82, 2.24) is 0 Å². The molecule has 2 N–H and O–H groups in total. The third-order valence-electron chi connectivity index (χ3n) is 2.76. The van der Waals surface area contributed by atoms with Gasteiger partial charge in [0.25, 0.3) is 0 Å². The summed E-state index contributed by atoms with van der Waals surface area (Å²) in [4.78, 5) is 0.641. The number of benzene rings is 2. The van der Waals surface area contributed by atoms with Crippen LogP contribution in [0.15, 0.2) is 47.4 Å². The highest BCUT2D eigenvalue weighted by Gasteiger charge is 2.03. The number of ether oxygens (including phenoxy) is 1. The van der Waals surface area contributed by atoms with Gasteiger partial charge in [-0.1, -0.05) is 12.1 Å². The monoisotopic (exact) mass is 277 g/mol. The molecule has 0 heterocycles. The molecule has 4 heteroatoms. The van der Waals surface area contributed by atoms with Crippen LogP contribution in [0, 0.1) is 5.82 Å². The molecular formula is C15H16FNOS. The van der Waals surface area contributed by atoms with Crippen LogP contribution >= 0.6 is 11.8 Å². The molecule has 0 aliphatic carbocycles. The van der Waals surface area contributed by atoms with Crippen LogP contribution in [0.4, 0.5) is 10.1 Å². The number of methoxy groups -OCH3 is 1. The predicted molar refractivity (Wildman–Crippen MR) is 78.2 cm³/mol. The smallest absolute Gasteiger partial charge is 0.138 e. The van der Waals surface area contributed by atoms with Crippen molar-refractivity contribution >= 4 is 17.4 Å². The number of thioether (sulfide) groups is 1. The van der Waals surface area contributed by atoms with Gasteiger partial charge in [-0.3, -0.25) is 0 Å². The standard InChI is InChI=1S/C15H16FNOS/c1-18-13-5-2-11(3-6-13)8-9-19-15-7-4-12(17)10-14(15)16/h2-7,10H,8-9,17H2,1H3. The molecule has 0 atom stereocenters. The Bertz CT molecular complexity index is 542. The molecule has 0 amide bonds. The lowest BCUT2D eigenvalue weighted by Gasteiger charge is -2.05. The first kappa shape index (κ1) is 13.7. The lowest BCUT2D eigenvalue weighted by Crippen LogP contribution is -1.92. The van der Waals surface area contributed by atoms with Crippen LogP contribution < -0.4 is 10.5 Å². The number of hydrogen-bond donors (Lipinski definition) is 1. The summed E-state index contributed by atoms with van der Waals surface area (Å²) in [6, 6.07) is 12.7. The molecule has 0 saturated carbocycles. The summed E-state index contributed by atoms with van der Waals surface area (Å²) in [5.74, 6) is 1.42. The first-order valence-corrected chi connectivity index (χ1v) is 6.98. The fraction of sp³-hybridized carbons (Fsp3) is 0.200. The zero-order chi connectivity index (χ0) is 13.7. The number of nitrogen functional groups attached to an aromatic ring is 1. The summed E-state index contributed by atoms with van der Waals surface area (Å²) in [6.45, 7) is 0. The molecule has 0 unspecified atom stereocenters. The van der Waals surface area contributed by atoms with Crippen LogP contribution in [0.5, 0.6) is 5.75 Å². The van der Waals surface area contributed by atoms with Crippen molar-refractivity contribution in [1.29, 1.82) is 0 Å². The molecule has 0 fully saturated rings. The van der Waals surface area contributed by atoms with Gasteiger partial charge in [-0.15, -0.1) is 11.8 Å². The number of aryl methyl sites for hydroxylation is 1. The Balaban J connectivity index is 1.88. The molecule has 19 heavy (non-hydrogen) atoms. The quantitative estimate of drug-likeness (QED) is 0.667. The Labute approximate surface area is 116 Å². The molecule has 0 bridgehead atoms. The van der Waals surface area contributed by atoms with Crippen LogP contribution in [-0.4, -0.2) is 12.9 Å². The van der Waals surface area contributed by atoms with Gasteiger partial charge in [0.2, 0.25) is 0 Å². The highest BCUT2D eigenvalue weighted by Crippen LogP contribution is 2.24. The van der Waals surface area contributed by atoms with Crippen LogP contribution in [0.3, 0.4) is 0 Å². The van der Waals surface area contributed by atoms with Gasteiger partial charge >= 0.3 is 0 Å². The van der Waals surface area contributed by atoms with Gasteiger partial charge in [-0.05, 0) is 42.3 Å². The molecule has 0 aromatic heterocycles. The number of hydrogen-bond acceptors (Lipinski definition) is 3. The van der Waals surface area contributed by atoms with Crippen molar-refractivity contribution < 1.29 is 9.13 Å². The third kappa shape index (κ3) is 3.89. The molecular weight excluding hydrogens is 261 g/mol. The van der Waals surface area contributed by atoms with Gasteiger partial charge in [-0.25, -0.2) is 4.39 Å². The average molecular weight is 277 g/mol. The zero-order valence-electron chi connectivity index (χ0n) is 10.7. The fourth-order valence-electron chi connectivity index (χ4n) is 1.71. The second-order valence-corrected chi connectivity index (χ2v) is 5.27. The van der Waals surface area contributed by atoms with Crippen molar-refractivity contribution in [2.24, 2.45) is 0 Å². The van der Waals surface area contributed by atoms with Gasteiger partial charge in [0.1, 0.15) is 11.6 Å². The van der Waals surface area contributed by atoms with Crippen LogP contribution in [-0.2, 0) is 6.42 Å². The Hall–Kier alpha value is -1.68. The lowest BCUT2D eigenvalue weighted by atomic mass is 10.2. The molecule has 100 valence electrons. The van der Waals surface area contributed by atoms with Crippen molar-refractivity contribution in [3.8, 4) is 5.75 Å². The number of nitrogens with two attached hydrogens (primary N) is 1. The molecule has 0 saturated heterocycles. The molecule has 0 aliphatic heterocycles. The first-order valence-electron chi connectivity index (χ1n) is 6.00. The Morgan fingerprint density at radius 2 is 1.89 bits per heavy atom. The van der Waals surface area contributed by atoms with E-state index in [1.165, 1.54) is 23.4 Å². The molecule has 2 aromatic carbocycles. The minimum atomic E-state index is -0.250. The number of anilines is 1. The SMILES string of the molecule is COc1ccc(CCSc2ccc(N)cc2F)cc1. The summed E-state index contributed by atoms with van der Waals surface area (Å²) < 4.78 is 18.7. The molecule has 0 aliphatic rings. The third-order valence-corrected chi connectivity index (χ3v) is 3.81. The first-order chi connectivity index (χ1) is 9.19. The second-order valence-electron chi connectivity index (χ2n) is 4.14. The summed E-state index contributed by atoms with van der Waals surface area (Å²) in [5.41, 5.74) is 7.18. The van der Waals surface area contributed by atoms with E-state index in [4.69, 9.17) is 10.5 Å². The van der Waals surface area contributed by atoms with Crippen molar-refractivity contribution in [3.63, 3.8) is 0 Å². The molecule has 0 radical (unpaired) electrons. The maximum Gasteiger partial charge on any atom is 0.138 e. The normalized spacial score (nSPS) is 10.4. The summed E-state index contributed by atoms with van der Waals surface area (Å²) in [7, 11) is 1.65. The summed E-state index contributed by atoms with van der Waals surface area (Å²) in [6.07, 6.45) is 0.887. The molecule has 2 aromatic rings. The molecule has 2 nitrogen and oxygen atoms in total. The summed E-state index contributed by atoms with van der Waals surface area (Å²) in [5, 5.41) is 0. The average Bonchev–Trinajstić information content (AvgIpc) is 2.42. The van der Waals surface area contributed by atoms with Gasteiger partial charge in [0, 0.05) is 16.3 Å². The van der Waals surface area contributed by atoms with Crippen LogP contribution in [0.25, 0.3) is 0 Å². The highest BCUT2D eigenvalue weighted by atomic mass is 32.2. The van der Waals surface area contributed by atoms with E-state index in [-0.39, 0.29) is 5.82 Å². The second kappa shape index (κ2) is 6.48. The zero-order valence-corrected chi connectivity index (χ0v) is 11.5. The van der Waals surface area contributed by atoms with Gasteiger partial charge in [-0.2, -0.15) is 0 Å². The van der Waals surface area contributed by atoms with Crippen molar-refractivity contribution in [2.45, 2.75) is 11.3 Å². The Morgan fingerprint density at radius 3 is 2.53 bits per heavy atom. The predicted octanol–water partition coefficient (Wildman–Crippen LogP) is 3.75. The largest absolute Gasteiger partial charge is 0.497 e. The van der Waals surface area contributed by atoms with E-state index in [2.05, 4.69) is 0 Å². The van der Waals surface area contributed by atoms with Crippen LogP contribution in [0.2, 0.25) is 0 Å². The molecule has 0 spiro atoms. The number of halogens is 1. The van der Waals surface area contributed by atoms with Gasteiger partial charge in [0.05, 0.1) is 7.11 Å². The van der Waals surface area contributed by atoms with E-state index < -0.39 is 0 Å². The number of rotatable bonds is 5. The highest BCUT2D eigenvalue weighted by molar-refractivity contribution is 7.99. The minimum Gasteiger partial charge on any atom is -0.497 e. The van der Waals surface area contributed by atoms with Crippen LogP contribution in [0.1, 0.15) is 5.56 Å². The van der Waals surface area contributed by atoms with E-state index in [0.29, 0.717) is 10.6 Å². The van der Waals surface area contributed by atoms with E-state index >= 15 is 0 Å². The van der Waals surface area contributed by atoms with E-state index in [0.717, 1.165) is 17.9 Å². The van der Waals surface area contributed by atoms with Crippen molar-refractivity contribution in [3.05, 3.63) is 53.8 Å². The fourth-order valence-corrected chi connectivity index (χ4v) is 2.62.